The average Bonchev–Trinajstić information content (AvgIpc) is 2.69. The minimum absolute atomic E-state index is 0.133. The van der Waals surface area contributed by atoms with Crippen LogP contribution >= 0.6 is 15.9 Å². The molecule has 1 aromatic rings. The first-order chi connectivity index (χ1) is 7.48. The van der Waals surface area contributed by atoms with Crippen LogP contribution in [0, 0.1) is 0 Å². The van der Waals surface area contributed by atoms with E-state index in [1.165, 1.54) is 12.1 Å². The van der Waals surface area contributed by atoms with Gasteiger partial charge in [0, 0.05) is 12.2 Å². The molecular weight excluding hydrogens is 287 g/mol. The van der Waals surface area contributed by atoms with Gasteiger partial charge in [-0.1, -0.05) is 6.07 Å². The third kappa shape index (κ3) is 2.38. The van der Waals surface area contributed by atoms with E-state index in [-0.39, 0.29) is 10.2 Å². The minimum Gasteiger partial charge on any atom is -0.373 e. The third-order valence-corrected chi connectivity index (χ3v) is 2.88. The third-order valence-electron chi connectivity index (χ3n) is 2.44. The van der Waals surface area contributed by atoms with Crippen molar-refractivity contribution in [3.05, 3.63) is 28.0 Å². The predicted octanol–water partition coefficient (Wildman–Crippen LogP) is 3.71. The summed E-state index contributed by atoms with van der Waals surface area (Å²) in [5, 5.41) is 0. The van der Waals surface area contributed by atoms with Gasteiger partial charge in [0.15, 0.2) is 5.69 Å². The molecule has 6 heteroatoms. The summed E-state index contributed by atoms with van der Waals surface area (Å²) in [6.07, 6.45) is -3.51. The fourth-order valence-electron chi connectivity index (χ4n) is 1.76. The average molecular weight is 296 g/mol. The van der Waals surface area contributed by atoms with Gasteiger partial charge in [0.2, 0.25) is 0 Å². The molecule has 88 valence electrons. The largest absolute Gasteiger partial charge is 0.433 e. The topological polar surface area (TPSA) is 22.1 Å². The van der Waals surface area contributed by atoms with Crippen molar-refractivity contribution in [1.29, 1.82) is 0 Å². The number of halogens is 4. The second-order valence-corrected chi connectivity index (χ2v) is 4.38. The van der Waals surface area contributed by atoms with Crippen molar-refractivity contribution in [2.45, 2.75) is 25.1 Å². The summed E-state index contributed by atoms with van der Waals surface area (Å²) in [7, 11) is 0. The summed E-state index contributed by atoms with van der Waals surface area (Å²) in [6, 6.07) is 2.93. The molecule has 0 aromatic carbocycles. The van der Waals surface area contributed by atoms with E-state index in [2.05, 4.69) is 20.9 Å². The summed E-state index contributed by atoms with van der Waals surface area (Å²) in [4.78, 5) is 3.50. The van der Waals surface area contributed by atoms with Gasteiger partial charge in [0.05, 0.1) is 6.10 Å². The second kappa shape index (κ2) is 4.33. The highest BCUT2D eigenvalue weighted by Crippen LogP contribution is 2.38. The van der Waals surface area contributed by atoms with E-state index in [4.69, 9.17) is 4.74 Å². The first-order valence-corrected chi connectivity index (χ1v) is 5.63. The lowest BCUT2D eigenvalue weighted by Gasteiger charge is -2.16. The van der Waals surface area contributed by atoms with Gasteiger partial charge in [0.1, 0.15) is 4.60 Å². The number of hydrogen-bond acceptors (Lipinski definition) is 2. The van der Waals surface area contributed by atoms with Crippen LogP contribution in [-0.2, 0) is 10.9 Å². The highest BCUT2D eigenvalue weighted by molar-refractivity contribution is 9.10. The van der Waals surface area contributed by atoms with Gasteiger partial charge in [-0.2, -0.15) is 13.2 Å². The van der Waals surface area contributed by atoms with Crippen LogP contribution < -0.4 is 0 Å². The number of rotatable bonds is 1. The lowest BCUT2D eigenvalue weighted by atomic mass is 10.0. The van der Waals surface area contributed by atoms with Crippen molar-refractivity contribution >= 4 is 15.9 Å². The Morgan fingerprint density at radius 1 is 1.38 bits per heavy atom. The molecule has 2 heterocycles. The molecule has 0 spiro atoms. The van der Waals surface area contributed by atoms with Crippen LogP contribution in [0.3, 0.4) is 0 Å². The molecule has 16 heavy (non-hydrogen) atoms. The fourth-order valence-corrected chi connectivity index (χ4v) is 2.07. The first kappa shape index (κ1) is 11.9. The Morgan fingerprint density at radius 3 is 2.69 bits per heavy atom. The molecule has 0 saturated carbocycles. The number of hydrogen-bond donors (Lipinski definition) is 0. The first-order valence-electron chi connectivity index (χ1n) is 4.84. The summed E-state index contributed by atoms with van der Waals surface area (Å²) in [5.74, 6) is 0. The smallest absolute Gasteiger partial charge is 0.373 e. The van der Waals surface area contributed by atoms with Gasteiger partial charge in [0.25, 0.3) is 0 Å². The van der Waals surface area contributed by atoms with Crippen LogP contribution in [0.15, 0.2) is 16.7 Å². The van der Waals surface area contributed by atoms with Gasteiger partial charge >= 0.3 is 6.18 Å². The van der Waals surface area contributed by atoms with Crippen molar-refractivity contribution in [3.63, 3.8) is 0 Å². The maximum atomic E-state index is 12.7. The maximum absolute atomic E-state index is 12.7. The van der Waals surface area contributed by atoms with Gasteiger partial charge in [-0.25, -0.2) is 4.98 Å². The zero-order valence-corrected chi connectivity index (χ0v) is 9.81. The molecule has 0 amide bonds. The molecule has 1 aromatic heterocycles. The molecule has 1 atom stereocenters. The van der Waals surface area contributed by atoms with Crippen LogP contribution in [0.1, 0.15) is 30.2 Å². The molecule has 0 bridgehead atoms. The number of ether oxygens (including phenoxy) is 1. The number of pyridine rings is 1. The minimum atomic E-state index is -4.44. The van der Waals surface area contributed by atoms with E-state index >= 15 is 0 Å². The Morgan fingerprint density at radius 2 is 2.12 bits per heavy atom. The van der Waals surface area contributed by atoms with Crippen molar-refractivity contribution in [2.24, 2.45) is 0 Å². The molecule has 2 nitrogen and oxygen atoms in total. The van der Waals surface area contributed by atoms with Crippen molar-refractivity contribution in [3.8, 4) is 0 Å². The van der Waals surface area contributed by atoms with Crippen molar-refractivity contribution < 1.29 is 17.9 Å². The Bertz CT molecular complexity index is 388. The fraction of sp³-hybridized carbons (Fsp3) is 0.500. The quantitative estimate of drug-likeness (QED) is 0.737. The molecule has 1 fully saturated rings. The molecule has 1 unspecified atom stereocenters. The second-order valence-electron chi connectivity index (χ2n) is 3.57. The van der Waals surface area contributed by atoms with Crippen LogP contribution in [0.25, 0.3) is 0 Å². The maximum Gasteiger partial charge on any atom is 0.433 e. The van der Waals surface area contributed by atoms with E-state index < -0.39 is 18.0 Å². The van der Waals surface area contributed by atoms with Crippen LogP contribution in [0.4, 0.5) is 13.2 Å². The van der Waals surface area contributed by atoms with E-state index in [1.54, 1.807) is 0 Å². The molecular formula is C10H9BrF3NO. The van der Waals surface area contributed by atoms with Gasteiger partial charge in [-0.15, -0.1) is 0 Å². The Balaban J connectivity index is 2.43. The molecule has 2 rings (SSSR count). The van der Waals surface area contributed by atoms with Crippen LogP contribution in [0.2, 0.25) is 0 Å². The molecule has 0 N–H and O–H groups in total. The zero-order valence-electron chi connectivity index (χ0n) is 8.22. The summed E-state index contributed by atoms with van der Waals surface area (Å²) in [6.45, 7) is 0.512. The standard InChI is InChI=1S/C10H9BrF3NO/c11-8-4-3-6(7-2-1-5-16-7)9(15-8)10(12,13)14/h3-4,7H,1-2,5H2. The van der Waals surface area contributed by atoms with Gasteiger partial charge < -0.3 is 4.74 Å². The molecule has 0 aliphatic carbocycles. The van der Waals surface area contributed by atoms with Crippen molar-refractivity contribution in [1.82, 2.24) is 4.98 Å². The normalized spacial score (nSPS) is 21.4. The van der Waals surface area contributed by atoms with E-state index in [0.717, 1.165) is 6.42 Å². The highest BCUT2D eigenvalue weighted by atomic mass is 79.9. The number of nitrogens with zero attached hydrogens (tertiary/aromatic N) is 1. The molecule has 1 saturated heterocycles. The highest BCUT2D eigenvalue weighted by Gasteiger charge is 2.38. The monoisotopic (exact) mass is 295 g/mol. The van der Waals surface area contributed by atoms with Crippen LogP contribution in [0.5, 0.6) is 0 Å². The van der Waals surface area contributed by atoms with Crippen molar-refractivity contribution in [2.75, 3.05) is 6.61 Å². The van der Waals surface area contributed by atoms with Crippen LogP contribution in [-0.4, -0.2) is 11.6 Å². The Labute approximate surface area is 98.9 Å². The summed E-state index contributed by atoms with van der Waals surface area (Å²) < 4.78 is 43.7. The Hall–Kier alpha value is -0.620. The predicted molar refractivity (Wildman–Crippen MR) is 54.9 cm³/mol. The van der Waals surface area contributed by atoms with E-state index in [9.17, 15) is 13.2 Å². The zero-order chi connectivity index (χ0) is 11.8. The van der Waals surface area contributed by atoms with Gasteiger partial charge in [-0.05, 0) is 34.8 Å². The molecule has 0 radical (unpaired) electrons. The number of aromatic nitrogens is 1. The SMILES string of the molecule is FC(F)(F)c1nc(Br)ccc1C1CCCO1. The molecule has 1 aliphatic rings. The summed E-state index contributed by atoms with van der Waals surface area (Å²) >= 11 is 2.95. The summed E-state index contributed by atoms with van der Waals surface area (Å²) in [5.41, 5.74) is -0.720. The number of alkyl halides is 3. The molecule has 1 aliphatic heterocycles. The van der Waals surface area contributed by atoms with Gasteiger partial charge in [-0.3, -0.25) is 0 Å². The Kier molecular flexibility index (Phi) is 3.21. The van der Waals surface area contributed by atoms with E-state index in [1.807, 2.05) is 0 Å². The van der Waals surface area contributed by atoms with E-state index in [0.29, 0.717) is 13.0 Å². The lowest BCUT2D eigenvalue weighted by molar-refractivity contribution is -0.143. The lowest BCUT2D eigenvalue weighted by Crippen LogP contribution is -2.14.